The first-order valence-corrected chi connectivity index (χ1v) is 17.5. The summed E-state index contributed by atoms with van der Waals surface area (Å²) in [5.41, 5.74) is 8.13. The summed E-state index contributed by atoms with van der Waals surface area (Å²) in [5.74, 6) is 2.37. The maximum absolute atomic E-state index is 13.3. The third kappa shape index (κ3) is 28.3. The molecule has 1 saturated carbocycles. The minimum Gasteiger partial charge on any atom is -0.366 e. The lowest BCUT2D eigenvalue weighted by Gasteiger charge is -2.22. The largest absolute Gasteiger partial charge is 0.366 e. The van der Waals surface area contributed by atoms with Gasteiger partial charge in [0.1, 0.15) is 5.82 Å². The minimum atomic E-state index is -0.446. The van der Waals surface area contributed by atoms with Crippen LogP contribution in [0, 0.1) is 29.0 Å². The molecule has 2 rings (SSSR count). The van der Waals surface area contributed by atoms with E-state index < -0.39 is 5.91 Å². The Morgan fingerprint density at radius 2 is 1.52 bits per heavy atom. The molecule has 4 heteroatoms. The highest BCUT2D eigenvalue weighted by Crippen LogP contribution is 2.27. The maximum Gasteiger partial charge on any atom is 0.248 e. The van der Waals surface area contributed by atoms with E-state index in [9.17, 15) is 9.18 Å². The van der Waals surface area contributed by atoms with Crippen LogP contribution in [0.5, 0.6) is 0 Å². The van der Waals surface area contributed by atoms with Crippen LogP contribution >= 0.6 is 0 Å². The number of hydrogen-bond acceptors (Lipinski definition) is 2. The molecule has 0 atom stereocenters. The summed E-state index contributed by atoms with van der Waals surface area (Å²) in [6.45, 7) is 23.6. The summed E-state index contributed by atoms with van der Waals surface area (Å²) >= 11 is 0. The van der Waals surface area contributed by atoms with Crippen molar-refractivity contribution < 1.29 is 9.18 Å². The van der Waals surface area contributed by atoms with Gasteiger partial charge in [-0.25, -0.2) is 4.39 Å². The lowest BCUT2D eigenvalue weighted by atomic mass is 9.84. The Morgan fingerprint density at radius 1 is 0.977 bits per heavy atom. The van der Waals surface area contributed by atoms with Crippen LogP contribution in [-0.4, -0.2) is 12.1 Å². The number of unbranched alkanes of at least 4 members (excludes halogenated alkanes) is 2. The zero-order valence-electron chi connectivity index (χ0n) is 30.7. The Bertz CT molecular complexity index is 909. The molecule has 3 N–H and O–H groups in total. The van der Waals surface area contributed by atoms with E-state index in [1.807, 2.05) is 32.1 Å². The fraction of sp³-hybridized carbons (Fsp3) is 0.650. The molecule has 1 aliphatic carbocycles. The smallest absolute Gasteiger partial charge is 0.248 e. The summed E-state index contributed by atoms with van der Waals surface area (Å²) in [6, 6.07) is 5.27. The van der Waals surface area contributed by atoms with Gasteiger partial charge in [0, 0.05) is 17.4 Å². The lowest BCUT2D eigenvalue weighted by molar-refractivity contribution is -0.114. The second kappa shape index (κ2) is 31.9. The van der Waals surface area contributed by atoms with Gasteiger partial charge in [0.15, 0.2) is 0 Å². The third-order valence-corrected chi connectivity index (χ3v) is 7.25. The molecule has 1 aromatic rings. The van der Waals surface area contributed by atoms with Crippen molar-refractivity contribution in [3.8, 4) is 0 Å². The number of allylic oxidation sites excluding steroid dienone is 3. The Labute approximate surface area is 273 Å². The van der Waals surface area contributed by atoms with Gasteiger partial charge in [0.2, 0.25) is 5.91 Å². The van der Waals surface area contributed by atoms with Crippen LogP contribution in [0.25, 0.3) is 6.08 Å². The van der Waals surface area contributed by atoms with Gasteiger partial charge in [0.25, 0.3) is 0 Å². The van der Waals surface area contributed by atoms with Gasteiger partial charge < -0.3 is 11.1 Å². The lowest BCUT2D eigenvalue weighted by Crippen LogP contribution is -2.12. The summed E-state index contributed by atoms with van der Waals surface area (Å²) in [7, 11) is 0. The Kier molecular flexibility index (Phi) is 33.3. The summed E-state index contributed by atoms with van der Waals surface area (Å²) < 4.78 is 13.3. The van der Waals surface area contributed by atoms with Crippen LogP contribution in [0.3, 0.4) is 0 Å². The number of carbonyl (C=O) groups is 1. The van der Waals surface area contributed by atoms with Gasteiger partial charge in [-0.15, -0.1) is 0 Å². The molecule has 0 aliphatic heterocycles. The Balaban J connectivity index is -0.000000501. The molecule has 1 amide bonds. The summed E-state index contributed by atoms with van der Waals surface area (Å²) in [4.78, 5) is 10.8. The van der Waals surface area contributed by atoms with Gasteiger partial charge in [-0.3, -0.25) is 4.79 Å². The van der Waals surface area contributed by atoms with Gasteiger partial charge in [-0.05, 0) is 67.7 Å². The van der Waals surface area contributed by atoms with E-state index in [0.717, 1.165) is 48.1 Å². The molecule has 1 aliphatic rings. The van der Waals surface area contributed by atoms with Crippen LogP contribution < -0.4 is 5.73 Å². The number of amides is 1. The van der Waals surface area contributed by atoms with Crippen molar-refractivity contribution in [2.75, 3.05) is 0 Å². The molecule has 3 nitrogen and oxygen atoms in total. The van der Waals surface area contributed by atoms with Crippen molar-refractivity contribution in [1.29, 1.82) is 5.41 Å². The molecule has 254 valence electrons. The van der Waals surface area contributed by atoms with Crippen LogP contribution in [0.15, 0.2) is 47.6 Å². The standard InChI is InChI=1S/C12H15F.C9H14N2O.C8H16.C7H16.C4H10/c1-3-6-10-8-5-9-12(13)11(10)7-4-2;1-3-4-8(9(11)12)5-7(2)6-10;1-7-3-5-8(2)6-4-7;1-4-5-6-7(2)3;1-3-4-2/h4-5,7-9H,3,6H2,1-2H3;4-6,10H,3H2,1-2H3,(H2,11,12);7-8H,3-6H2,1-2H3;7H,4-6H2,1-3H3;3-4H2,1-2H3/b7-4-;7-5-,8-4-,10-6?;;;. The molecule has 1 aromatic carbocycles. The molecule has 0 aromatic heterocycles. The van der Waals surface area contributed by atoms with Crippen LogP contribution in [-0.2, 0) is 11.2 Å². The fourth-order valence-electron chi connectivity index (χ4n) is 4.20. The molecule has 0 unspecified atom stereocenters. The average Bonchev–Trinajstić information content (AvgIpc) is 3.00. The predicted octanol–water partition coefficient (Wildman–Crippen LogP) is 12.7. The second-order valence-electron chi connectivity index (χ2n) is 12.4. The number of halogens is 1. The zero-order chi connectivity index (χ0) is 34.3. The van der Waals surface area contributed by atoms with Gasteiger partial charge in [-0.2, -0.15) is 0 Å². The molecule has 44 heavy (non-hydrogen) atoms. The number of primary amides is 1. The van der Waals surface area contributed by atoms with Crippen molar-refractivity contribution in [3.05, 3.63) is 64.5 Å². The molecular weight excluding hydrogens is 543 g/mol. The van der Waals surface area contributed by atoms with E-state index >= 15 is 0 Å². The SMILES string of the molecule is C/C=C\c1c(F)cccc1CCC.CC/C=C(/C=C(/C)C=N)C(N)=O.CC1CCC(C)CC1.CCCC.CCCCC(C)C. The van der Waals surface area contributed by atoms with Crippen LogP contribution in [0.2, 0.25) is 0 Å². The van der Waals surface area contributed by atoms with E-state index in [2.05, 4.69) is 55.4 Å². The van der Waals surface area contributed by atoms with Gasteiger partial charge >= 0.3 is 0 Å². The minimum absolute atomic E-state index is 0.121. The number of aryl methyl sites for hydroxylation is 1. The van der Waals surface area contributed by atoms with Crippen LogP contribution in [0.4, 0.5) is 4.39 Å². The average molecular weight is 615 g/mol. The summed E-state index contributed by atoms with van der Waals surface area (Å²) in [5, 5.41) is 6.90. The van der Waals surface area contributed by atoms with E-state index in [4.69, 9.17) is 11.1 Å². The van der Waals surface area contributed by atoms with Crippen molar-refractivity contribution in [3.63, 3.8) is 0 Å². The third-order valence-electron chi connectivity index (χ3n) is 7.25. The molecule has 0 spiro atoms. The topological polar surface area (TPSA) is 66.9 Å². The number of benzene rings is 1. The molecule has 1 fully saturated rings. The van der Waals surface area contributed by atoms with Gasteiger partial charge in [0.05, 0.1) is 0 Å². The molecule has 0 radical (unpaired) electrons. The van der Waals surface area contributed by atoms with Gasteiger partial charge in [-0.1, -0.05) is 157 Å². The van der Waals surface area contributed by atoms with E-state index in [1.165, 1.54) is 70.1 Å². The summed E-state index contributed by atoms with van der Waals surface area (Å²) in [6.07, 6.45) is 23.7. The molecule has 0 heterocycles. The first-order valence-electron chi connectivity index (χ1n) is 17.5. The first-order chi connectivity index (χ1) is 20.9. The zero-order valence-corrected chi connectivity index (χ0v) is 30.7. The highest BCUT2D eigenvalue weighted by Gasteiger charge is 2.13. The normalized spacial score (nSPS) is 16.3. The monoisotopic (exact) mass is 615 g/mol. The quantitative estimate of drug-likeness (QED) is 0.145. The number of carbonyl (C=O) groups excluding carboxylic acids is 1. The second-order valence-corrected chi connectivity index (χ2v) is 12.4. The Hall–Kier alpha value is -2.49. The highest BCUT2D eigenvalue weighted by molar-refractivity contribution is 5.96. The van der Waals surface area contributed by atoms with E-state index in [-0.39, 0.29) is 5.82 Å². The fourth-order valence-corrected chi connectivity index (χ4v) is 4.20. The van der Waals surface area contributed by atoms with E-state index in [0.29, 0.717) is 11.1 Å². The number of rotatable bonds is 11. The highest BCUT2D eigenvalue weighted by atomic mass is 19.1. The first kappa shape index (κ1) is 45.9. The Morgan fingerprint density at radius 3 is 1.86 bits per heavy atom. The maximum atomic E-state index is 13.3. The van der Waals surface area contributed by atoms with Crippen molar-refractivity contribution in [2.45, 2.75) is 153 Å². The van der Waals surface area contributed by atoms with E-state index in [1.54, 1.807) is 25.1 Å². The van der Waals surface area contributed by atoms with Crippen molar-refractivity contribution in [2.24, 2.45) is 23.5 Å². The molecule has 0 saturated heterocycles. The predicted molar refractivity (Wildman–Crippen MR) is 197 cm³/mol. The number of hydrogen-bond donors (Lipinski definition) is 2. The number of nitrogens with one attached hydrogen (secondary N) is 1. The van der Waals surface area contributed by atoms with Crippen molar-refractivity contribution in [1.82, 2.24) is 0 Å². The van der Waals surface area contributed by atoms with Crippen molar-refractivity contribution >= 4 is 18.2 Å². The molecule has 0 bridgehead atoms. The van der Waals surface area contributed by atoms with Crippen LogP contribution in [0.1, 0.15) is 158 Å². The molecular formula is C40H71FN2O. The number of nitrogens with two attached hydrogens (primary N) is 1.